The van der Waals surface area contributed by atoms with Gasteiger partial charge in [-0.1, -0.05) is 17.7 Å². The average Bonchev–Trinajstić information content (AvgIpc) is 3.25. The predicted octanol–water partition coefficient (Wildman–Crippen LogP) is 6.11. The zero-order valence-electron chi connectivity index (χ0n) is 16.1. The Labute approximate surface area is 185 Å². The summed E-state index contributed by atoms with van der Waals surface area (Å²) in [4.78, 5) is 25.0. The molecular formula is C21H17ClF3N3O2S. The Morgan fingerprint density at radius 1 is 1.00 bits per heavy atom. The third-order valence-electron chi connectivity index (χ3n) is 4.21. The van der Waals surface area contributed by atoms with Crippen LogP contribution in [0.2, 0.25) is 5.02 Å². The molecule has 0 bridgehead atoms. The summed E-state index contributed by atoms with van der Waals surface area (Å²) >= 11 is 6.97. The highest BCUT2D eigenvalue weighted by atomic mass is 35.5. The van der Waals surface area contributed by atoms with Gasteiger partial charge in [0.1, 0.15) is 6.04 Å². The summed E-state index contributed by atoms with van der Waals surface area (Å²) in [6, 6.07) is 12.4. The van der Waals surface area contributed by atoms with E-state index in [0.717, 1.165) is 12.1 Å². The van der Waals surface area contributed by atoms with Crippen molar-refractivity contribution in [3.05, 3.63) is 75.4 Å². The maximum absolute atomic E-state index is 13.2. The van der Waals surface area contributed by atoms with Crippen LogP contribution in [-0.2, 0) is 11.0 Å². The summed E-state index contributed by atoms with van der Waals surface area (Å²) in [5, 5.41) is 9.66. The molecule has 3 N–H and O–H groups in total. The van der Waals surface area contributed by atoms with E-state index in [9.17, 15) is 22.8 Å². The number of benzene rings is 2. The minimum Gasteiger partial charge on any atom is -0.374 e. The number of alkyl halides is 3. The van der Waals surface area contributed by atoms with E-state index in [1.165, 1.54) is 24.3 Å². The van der Waals surface area contributed by atoms with Crippen LogP contribution in [-0.4, -0.2) is 17.9 Å². The molecule has 31 heavy (non-hydrogen) atoms. The Bertz CT molecular complexity index is 1070. The van der Waals surface area contributed by atoms with Crippen molar-refractivity contribution >= 4 is 51.8 Å². The van der Waals surface area contributed by atoms with E-state index in [2.05, 4.69) is 16.0 Å². The molecule has 10 heteroatoms. The molecule has 162 valence electrons. The second-order valence-corrected chi connectivity index (χ2v) is 7.94. The molecule has 1 unspecified atom stereocenters. The van der Waals surface area contributed by atoms with Crippen LogP contribution >= 0.6 is 22.9 Å². The second-order valence-electron chi connectivity index (χ2n) is 6.55. The van der Waals surface area contributed by atoms with Crippen molar-refractivity contribution in [1.82, 2.24) is 0 Å². The van der Waals surface area contributed by atoms with Gasteiger partial charge in [-0.3, -0.25) is 9.59 Å². The van der Waals surface area contributed by atoms with Gasteiger partial charge in [0.25, 0.3) is 5.91 Å². The van der Waals surface area contributed by atoms with Gasteiger partial charge in [-0.05, 0) is 60.8 Å². The fourth-order valence-electron chi connectivity index (χ4n) is 2.67. The van der Waals surface area contributed by atoms with Crippen molar-refractivity contribution in [1.29, 1.82) is 0 Å². The number of anilines is 3. The first kappa shape index (κ1) is 22.6. The standard InChI is InChI=1S/C21H17ClF3N3O2S/c1-12(19(29)28-17-9-4-13(22)11-16(17)21(23,24)25)26-14-5-7-15(8-6-14)27-20(30)18-3-2-10-31-18/h2-12,26H,1H3,(H,27,30)(H,28,29). The molecule has 0 radical (unpaired) electrons. The van der Waals surface area contributed by atoms with Crippen LogP contribution in [0.3, 0.4) is 0 Å². The molecule has 2 amide bonds. The first-order valence-electron chi connectivity index (χ1n) is 9.02. The largest absolute Gasteiger partial charge is 0.418 e. The molecule has 3 aromatic rings. The molecule has 0 aliphatic heterocycles. The summed E-state index contributed by atoms with van der Waals surface area (Å²) < 4.78 is 39.6. The number of halogens is 4. The zero-order chi connectivity index (χ0) is 22.6. The fraction of sp³-hybridized carbons (Fsp3) is 0.143. The normalized spacial score (nSPS) is 12.2. The minimum absolute atomic E-state index is 0.0808. The van der Waals surface area contributed by atoms with Gasteiger partial charge in [-0.25, -0.2) is 0 Å². The number of carbonyl (C=O) groups is 2. The summed E-state index contributed by atoms with van der Waals surface area (Å²) in [5.74, 6) is -0.880. The number of hydrogen-bond acceptors (Lipinski definition) is 4. The quantitative estimate of drug-likeness (QED) is 0.409. The highest BCUT2D eigenvalue weighted by Crippen LogP contribution is 2.36. The van der Waals surface area contributed by atoms with Gasteiger partial charge in [0.05, 0.1) is 16.1 Å². The highest BCUT2D eigenvalue weighted by Gasteiger charge is 2.34. The molecule has 0 spiro atoms. The number of carbonyl (C=O) groups excluding carboxylic acids is 2. The molecule has 2 aromatic carbocycles. The van der Waals surface area contributed by atoms with Crippen LogP contribution in [0.15, 0.2) is 60.0 Å². The van der Waals surface area contributed by atoms with E-state index >= 15 is 0 Å². The molecule has 0 fully saturated rings. The Hall–Kier alpha value is -3.04. The van der Waals surface area contributed by atoms with Crippen LogP contribution in [0, 0.1) is 0 Å². The van der Waals surface area contributed by atoms with Gasteiger partial charge in [0.15, 0.2) is 0 Å². The molecule has 1 aromatic heterocycles. The first-order valence-corrected chi connectivity index (χ1v) is 10.3. The van der Waals surface area contributed by atoms with Crippen molar-refractivity contribution < 1.29 is 22.8 Å². The minimum atomic E-state index is -4.66. The van der Waals surface area contributed by atoms with E-state index in [4.69, 9.17) is 11.6 Å². The fourth-order valence-corrected chi connectivity index (χ4v) is 3.46. The molecule has 1 heterocycles. The van der Waals surface area contributed by atoms with Gasteiger partial charge in [0, 0.05) is 16.4 Å². The highest BCUT2D eigenvalue weighted by molar-refractivity contribution is 7.12. The SMILES string of the molecule is CC(Nc1ccc(NC(=O)c2cccs2)cc1)C(=O)Nc1ccc(Cl)cc1C(F)(F)F. The number of rotatable bonds is 6. The monoisotopic (exact) mass is 467 g/mol. The van der Waals surface area contributed by atoms with Crippen LogP contribution < -0.4 is 16.0 Å². The van der Waals surface area contributed by atoms with Crippen molar-refractivity contribution in [3.63, 3.8) is 0 Å². The van der Waals surface area contributed by atoms with Gasteiger partial charge >= 0.3 is 6.18 Å². The number of amides is 2. The van der Waals surface area contributed by atoms with Gasteiger partial charge in [-0.2, -0.15) is 13.2 Å². The summed E-state index contributed by atoms with van der Waals surface area (Å²) in [6.45, 7) is 1.52. The average molecular weight is 468 g/mol. The molecule has 0 saturated carbocycles. The molecular weight excluding hydrogens is 451 g/mol. The Morgan fingerprint density at radius 3 is 2.29 bits per heavy atom. The Morgan fingerprint density at radius 2 is 1.68 bits per heavy atom. The maximum Gasteiger partial charge on any atom is 0.418 e. The van der Waals surface area contributed by atoms with E-state index in [0.29, 0.717) is 16.3 Å². The topological polar surface area (TPSA) is 70.2 Å². The van der Waals surface area contributed by atoms with E-state index in [1.807, 2.05) is 0 Å². The molecule has 0 aliphatic carbocycles. The zero-order valence-corrected chi connectivity index (χ0v) is 17.7. The smallest absolute Gasteiger partial charge is 0.374 e. The van der Waals surface area contributed by atoms with Gasteiger partial charge in [0.2, 0.25) is 5.91 Å². The lowest BCUT2D eigenvalue weighted by atomic mass is 10.1. The van der Waals surface area contributed by atoms with Gasteiger partial charge in [-0.15, -0.1) is 11.3 Å². The lowest BCUT2D eigenvalue weighted by Gasteiger charge is -2.18. The summed E-state index contributed by atoms with van der Waals surface area (Å²) in [6.07, 6.45) is -4.66. The molecule has 0 aliphatic rings. The predicted molar refractivity (Wildman–Crippen MR) is 117 cm³/mol. The van der Waals surface area contributed by atoms with Crippen molar-refractivity contribution in [2.75, 3.05) is 16.0 Å². The number of nitrogens with one attached hydrogen (secondary N) is 3. The van der Waals surface area contributed by atoms with E-state index in [1.54, 1.807) is 41.8 Å². The second kappa shape index (κ2) is 9.40. The maximum atomic E-state index is 13.2. The van der Waals surface area contributed by atoms with Crippen molar-refractivity contribution in [3.8, 4) is 0 Å². The van der Waals surface area contributed by atoms with Crippen LogP contribution in [0.5, 0.6) is 0 Å². The third-order valence-corrected chi connectivity index (χ3v) is 5.31. The van der Waals surface area contributed by atoms with E-state index < -0.39 is 23.7 Å². The van der Waals surface area contributed by atoms with Crippen molar-refractivity contribution in [2.45, 2.75) is 19.1 Å². The number of thiophene rings is 1. The van der Waals surface area contributed by atoms with Gasteiger partial charge < -0.3 is 16.0 Å². The van der Waals surface area contributed by atoms with Crippen LogP contribution in [0.4, 0.5) is 30.2 Å². The lowest BCUT2D eigenvalue weighted by Crippen LogP contribution is -2.32. The summed E-state index contributed by atoms with van der Waals surface area (Å²) in [5.41, 5.74) is -0.269. The van der Waals surface area contributed by atoms with Crippen LogP contribution in [0.25, 0.3) is 0 Å². The number of hydrogen-bond donors (Lipinski definition) is 3. The summed E-state index contributed by atoms with van der Waals surface area (Å²) in [7, 11) is 0. The first-order chi connectivity index (χ1) is 14.6. The molecule has 0 saturated heterocycles. The Balaban J connectivity index is 1.62. The molecule has 1 atom stereocenters. The van der Waals surface area contributed by atoms with Crippen molar-refractivity contribution in [2.24, 2.45) is 0 Å². The lowest BCUT2D eigenvalue weighted by molar-refractivity contribution is -0.137. The van der Waals surface area contributed by atoms with Crippen LogP contribution in [0.1, 0.15) is 22.2 Å². The van der Waals surface area contributed by atoms with E-state index in [-0.39, 0.29) is 16.6 Å². The Kier molecular flexibility index (Phi) is 6.87. The third kappa shape index (κ3) is 5.99. The molecule has 5 nitrogen and oxygen atoms in total. The molecule has 3 rings (SSSR count).